The minimum atomic E-state index is -1.42. The molecule has 138 valence electrons. The van der Waals surface area contributed by atoms with E-state index in [-0.39, 0.29) is 0 Å². The van der Waals surface area contributed by atoms with Crippen LogP contribution >= 0.6 is 0 Å². The fraction of sp³-hybridized carbons (Fsp3) is 0.722. The molecule has 0 aliphatic rings. The van der Waals surface area contributed by atoms with Crippen LogP contribution in [-0.4, -0.2) is 33.7 Å². The minimum Gasteiger partial charge on any atom is -0.481 e. The Labute approximate surface area is 143 Å². The average molecular weight is 342 g/mol. The number of rotatable bonds is 13. The summed E-state index contributed by atoms with van der Waals surface area (Å²) in [6.07, 6.45) is 6.92. The van der Waals surface area contributed by atoms with Crippen LogP contribution in [0.2, 0.25) is 0 Å². The summed E-state index contributed by atoms with van der Waals surface area (Å²) in [4.78, 5) is 34.0. The van der Waals surface area contributed by atoms with Crippen LogP contribution in [-0.2, 0) is 19.1 Å². The highest BCUT2D eigenvalue weighted by Crippen LogP contribution is 2.31. The first kappa shape index (κ1) is 22.1. The van der Waals surface area contributed by atoms with Gasteiger partial charge in [0.25, 0.3) is 0 Å². The number of hydrogen-bond acceptors (Lipinski definition) is 4. The minimum absolute atomic E-state index is 0.469. The maximum atomic E-state index is 12.2. The Morgan fingerprint density at radius 3 is 1.83 bits per heavy atom. The van der Waals surface area contributed by atoms with E-state index in [4.69, 9.17) is 14.9 Å². The second kappa shape index (κ2) is 11.6. The van der Waals surface area contributed by atoms with Crippen LogP contribution in [0.15, 0.2) is 11.6 Å². The quantitative estimate of drug-likeness (QED) is 0.388. The van der Waals surface area contributed by atoms with Gasteiger partial charge in [-0.3, -0.25) is 4.79 Å². The van der Waals surface area contributed by atoms with Gasteiger partial charge < -0.3 is 14.9 Å². The molecule has 0 spiro atoms. The van der Waals surface area contributed by atoms with Gasteiger partial charge in [-0.25, -0.2) is 9.59 Å². The molecule has 6 nitrogen and oxygen atoms in total. The van der Waals surface area contributed by atoms with Gasteiger partial charge in [-0.2, -0.15) is 0 Å². The standard InChI is InChI=1S/C18H30O6/c1-4-7-10-18(9-6-3,11-8-5-2)24-16(21)13-14(17(22)23)12-15(19)20/h13H,4-12H2,1-3H3,(H,19,20)(H,22,23). The molecule has 0 radical (unpaired) electrons. The molecule has 0 heterocycles. The fourth-order valence-corrected chi connectivity index (χ4v) is 2.72. The van der Waals surface area contributed by atoms with Gasteiger partial charge in [0, 0.05) is 6.08 Å². The molecule has 0 amide bonds. The third-order valence-corrected chi connectivity index (χ3v) is 3.90. The predicted molar refractivity (Wildman–Crippen MR) is 90.8 cm³/mol. The van der Waals surface area contributed by atoms with Crippen LogP contribution in [0.4, 0.5) is 0 Å². The summed E-state index contributed by atoms with van der Waals surface area (Å²) in [6, 6.07) is 0. The van der Waals surface area contributed by atoms with E-state index in [1.165, 1.54) is 0 Å². The highest BCUT2D eigenvalue weighted by Gasteiger charge is 2.32. The third kappa shape index (κ3) is 8.70. The first-order valence-electron chi connectivity index (χ1n) is 8.68. The van der Waals surface area contributed by atoms with E-state index in [9.17, 15) is 14.4 Å². The van der Waals surface area contributed by atoms with Gasteiger partial charge in [-0.15, -0.1) is 0 Å². The lowest BCUT2D eigenvalue weighted by Crippen LogP contribution is -2.35. The lowest BCUT2D eigenvalue weighted by Gasteiger charge is -2.33. The summed E-state index contributed by atoms with van der Waals surface area (Å²) in [7, 11) is 0. The van der Waals surface area contributed by atoms with Gasteiger partial charge in [-0.05, 0) is 32.1 Å². The van der Waals surface area contributed by atoms with Crippen molar-refractivity contribution < 1.29 is 29.3 Å². The number of carboxylic acids is 2. The third-order valence-electron chi connectivity index (χ3n) is 3.90. The van der Waals surface area contributed by atoms with Crippen molar-refractivity contribution in [2.75, 3.05) is 0 Å². The summed E-state index contributed by atoms with van der Waals surface area (Å²) in [5.41, 5.74) is -1.06. The topological polar surface area (TPSA) is 101 Å². The van der Waals surface area contributed by atoms with Crippen LogP contribution in [0, 0.1) is 0 Å². The van der Waals surface area contributed by atoms with Gasteiger partial charge in [0.05, 0.1) is 12.0 Å². The second-order valence-electron chi connectivity index (χ2n) is 6.11. The van der Waals surface area contributed by atoms with E-state index in [1.807, 2.05) is 6.92 Å². The van der Waals surface area contributed by atoms with Crippen LogP contribution in [0.25, 0.3) is 0 Å². The van der Waals surface area contributed by atoms with Gasteiger partial charge >= 0.3 is 17.9 Å². The molecule has 0 atom stereocenters. The van der Waals surface area contributed by atoms with Crippen molar-refractivity contribution in [2.45, 2.75) is 84.2 Å². The van der Waals surface area contributed by atoms with Gasteiger partial charge in [0.1, 0.15) is 5.60 Å². The zero-order chi connectivity index (χ0) is 18.6. The van der Waals surface area contributed by atoms with Gasteiger partial charge in [-0.1, -0.05) is 40.0 Å². The van der Waals surface area contributed by atoms with Crippen LogP contribution in [0.5, 0.6) is 0 Å². The number of unbranched alkanes of at least 4 members (excludes halogenated alkanes) is 2. The van der Waals surface area contributed by atoms with E-state index in [1.54, 1.807) is 0 Å². The highest BCUT2D eigenvalue weighted by molar-refractivity contribution is 5.98. The molecular weight excluding hydrogens is 312 g/mol. The first-order chi connectivity index (χ1) is 11.3. The summed E-state index contributed by atoms with van der Waals surface area (Å²) in [5, 5.41) is 17.8. The monoisotopic (exact) mass is 342 g/mol. The summed E-state index contributed by atoms with van der Waals surface area (Å²) < 4.78 is 5.67. The largest absolute Gasteiger partial charge is 0.481 e. The van der Waals surface area contributed by atoms with Gasteiger partial charge in [0.15, 0.2) is 0 Å². The average Bonchev–Trinajstić information content (AvgIpc) is 2.50. The van der Waals surface area contributed by atoms with E-state index in [0.717, 1.165) is 51.0 Å². The van der Waals surface area contributed by atoms with Crippen molar-refractivity contribution >= 4 is 17.9 Å². The van der Waals surface area contributed by atoms with Crippen LogP contribution < -0.4 is 0 Å². The van der Waals surface area contributed by atoms with Crippen LogP contribution in [0.3, 0.4) is 0 Å². The second-order valence-corrected chi connectivity index (χ2v) is 6.11. The van der Waals surface area contributed by atoms with Crippen molar-refractivity contribution in [3.8, 4) is 0 Å². The maximum absolute atomic E-state index is 12.2. The fourth-order valence-electron chi connectivity index (χ4n) is 2.72. The highest BCUT2D eigenvalue weighted by atomic mass is 16.6. The van der Waals surface area contributed by atoms with E-state index < -0.39 is 35.5 Å². The predicted octanol–water partition coefficient (Wildman–Crippen LogP) is 3.93. The van der Waals surface area contributed by atoms with Crippen molar-refractivity contribution in [1.82, 2.24) is 0 Å². The molecule has 0 aromatic carbocycles. The Morgan fingerprint density at radius 1 is 0.917 bits per heavy atom. The number of hydrogen-bond donors (Lipinski definition) is 2. The Balaban J connectivity index is 5.30. The molecule has 0 fully saturated rings. The van der Waals surface area contributed by atoms with Crippen LogP contribution in [0.1, 0.15) is 78.6 Å². The molecule has 0 aliphatic carbocycles. The number of esters is 1. The molecule has 0 saturated heterocycles. The van der Waals surface area contributed by atoms with E-state index in [0.29, 0.717) is 6.42 Å². The number of carbonyl (C=O) groups excluding carboxylic acids is 1. The Hall–Kier alpha value is -1.85. The number of ether oxygens (including phenoxy) is 1. The first-order valence-corrected chi connectivity index (χ1v) is 8.68. The van der Waals surface area contributed by atoms with Crippen molar-refractivity contribution in [3.05, 3.63) is 11.6 Å². The number of carbonyl (C=O) groups is 3. The number of aliphatic carboxylic acids is 2. The Bertz CT molecular complexity index is 444. The van der Waals surface area contributed by atoms with Crippen molar-refractivity contribution in [1.29, 1.82) is 0 Å². The summed E-state index contributed by atoms with van der Waals surface area (Å²) >= 11 is 0. The van der Waals surface area contributed by atoms with Crippen molar-refractivity contribution in [2.24, 2.45) is 0 Å². The van der Waals surface area contributed by atoms with E-state index >= 15 is 0 Å². The van der Waals surface area contributed by atoms with Crippen molar-refractivity contribution in [3.63, 3.8) is 0 Å². The zero-order valence-electron chi connectivity index (χ0n) is 15.0. The normalized spacial score (nSPS) is 12.0. The summed E-state index contributed by atoms with van der Waals surface area (Å²) in [6.45, 7) is 6.14. The SMILES string of the molecule is CCCCC(CCC)(CCCC)OC(=O)C=C(CC(=O)O)C(=O)O. The molecule has 0 bridgehead atoms. The summed E-state index contributed by atoms with van der Waals surface area (Å²) in [5.74, 6) is -3.49. The molecule has 0 unspecified atom stereocenters. The molecule has 0 saturated carbocycles. The molecule has 0 rings (SSSR count). The maximum Gasteiger partial charge on any atom is 0.332 e. The molecular formula is C18H30O6. The Kier molecular flexibility index (Phi) is 10.8. The molecule has 6 heteroatoms. The Morgan fingerprint density at radius 2 is 1.46 bits per heavy atom. The smallest absolute Gasteiger partial charge is 0.332 e. The molecule has 24 heavy (non-hydrogen) atoms. The molecule has 2 N–H and O–H groups in total. The lowest BCUT2D eigenvalue weighted by atomic mass is 9.86. The van der Waals surface area contributed by atoms with E-state index in [2.05, 4.69) is 13.8 Å². The molecule has 0 aromatic heterocycles. The zero-order valence-corrected chi connectivity index (χ0v) is 15.0. The number of carboxylic acid groups (broad SMARTS) is 2. The molecule has 0 aromatic rings. The molecule has 0 aliphatic heterocycles. The van der Waals surface area contributed by atoms with Gasteiger partial charge in [0.2, 0.25) is 0 Å². The lowest BCUT2D eigenvalue weighted by molar-refractivity contribution is -0.157.